The first-order valence-corrected chi connectivity index (χ1v) is 10.0. The van der Waals surface area contributed by atoms with Crippen LogP contribution in [0.15, 0.2) is 17.1 Å². The molecule has 0 aliphatic carbocycles. The fraction of sp³-hybridized carbons (Fsp3) is 0.636. The predicted octanol–water partition coefficient (Wildman–Crippen LogP) is 0.513. The van der Waals surface area contributed by atoms with E-state index < -0.39 is 53.8 Å². The number of aliphatic hydroxyl groups excluding tert-OH is 1. The molecule has 0 aromatic carbocycles. The van der Waals surface area contributed by atoms with Crippen LogP contribution in [0.1, 0.15) is 19.6 Å². The zero-order valence-corrected chi connectivity index (χ0v) is 15.1. The van der Waals surface area contributed by atoms with Crippen molar-refractivity contribution in [1.29, 1.82) is 0 Å². The van der Waals surface area contributed by atoms with E-state index in [1.54, 1.807) is 12.3 Å². The maximum absolute atomic E-state index is 12.0. The summed E-state index contributed by atoms with van der Waals surface area (Å²) >= 11 is -1.08. The first-order valence-electron chi connectivity index (χ1n) is 6.38. The van der Waals surface area contributed by atoms with Crippen LogP contribution in [0, 0.1) is 0 Å². The number of nitrogens with zero attached hydrogens (tertiary/aromatic N) is 2. The summed E-state index contributed by atoms with van der Waals surface area (Å²) in [7, 11) is 2.11. The molecule has 2 rings (SSSR count). The molecule has 9 heteroatoms. The fourth-order valence-electron chi connectivity index (χ4n) is 1.98. The number of rotatable bonds is 6. The third kappa shape index (κ3) is 4.06. The van der Waals surface area contributed by atoms with Crippen molar-refractivity contribution in [2.75, 3.05) is 6.61 Å². The van der Waals surface area contributed by atoms with Crippen LogP contribution in [0.25, 0.3) is 0 Å². The van der Waals surface area contributed by atoms with Crippen LogP contribution in [-0.2, 0) is 39.0 Å². The van der Waals surface area contributed by atoms with E-state index >= 15 is 0 Å². The van der Waals surface area contributed by atoms with Gasteiger partial charge in [0, 0.05) is 0 Å². The molecule has 0 radical (unpaired) electrons. The topological polar surface area (TPSA) is 82.8 Å². The predicted molar refractivity (Wildman–Crippen MR) is 69.8 cm³/mol. The number of ether oxygens (including phenoxy) is 1. The Morgan fingerprint density at radius 2 is 2.50 bits per heavy atom. The molecule has 20 heavy (non-hydrogen) atoms. The molecule has 1 fully saturated rings. The summed E-state index contributed by atoms with van der Waals surface area (Å²) in [6.07, 6.45) is 0.337. The van der Waals surface area contributed by atoms with Crippen molar-refractivity contribution >= 4 is 9.47 Å². The van der Waals surface area contributed by atoms with E-state index in [2.05, 4.69) is 21.4 Å². The summed E-state index contributed by atoms with van der Waals surface area (Å²) < 4.78 is 18.4. The SMILES string of the molecule is C[CH2][Y][O]c1ccn([C@H]2C[C@@H](O)[C@@H](COP)O2)c(=O)n1. The molecule has 0 bridgehead atoms. The third-order valence-corrected chi connectivity index (χ3v) is 4.97. The average Bonchev–Trinajstić information content (AvgIpc) is 2.78. The number of aromatic nitrogens is 2. The molecule has 0 spiro atoms. The molecular weight excluding hydrogens is 360 g/mol. The van der Waals surface area contributed by atoms with Gasteiger partial charge in [-0.3, -0.25) is 0 Å². The van der Waals surface area contributed by atoms with Crippen LogP contribution < -0.4 is 7.74 Å². The van der Waals surface area contributed by atoms with Crippen LogP contribution in [0.3, 0.4) is 0 Å². The minimum atomic E-state index is -1.08. The number of hydrogen-bond acceptors (Lipinski definition) is 6. The molecule has 109 valence electrons. The quantitative estimate of drug-likeness (QED) is 0.728. The Balaban J connectivity index is 2.08. The maximum atomic E-state index is 12.0. The second-order valence-electron chi connectivity index (χ2n) is 4.41. The number of hydrogen-bond donors (Lipinski definition) is 1. The second kappa shape index (κ2) is 7.92. The molecule has 1 aromatic rings. The first-order chi connectivity index (χ1) is 9.65. The van der Waals surface area contributed by atoms with E-state index in [-0.39, 0.29) is 6.61 Å². The summed E-state index contributed by atoms with van der Waals surface area (Å²) in [5, 5.41) is 9.85. The van der Waals surface area contributed by atoms with E-state index in [0.717, 1.165) is 3.23 Å². The van der Waals surface area contributed by atoms with Gasteiger partial charge in [0.1, 0.15) is 0 Å². The van der Waals surface area contributed by atoms with Gasteiger partial charge in [-0.1, -0.05) is 0 Å². The second-order valence-corrected chi connectivity index (χ2v) is 8.15. The van der Waals surface area contributed by atoms with E-state index in [0.29, 0.717) is 12.3 Å². The van der Waals surface area contributed by atoms with Gasteiger partial charge in [0.2, 0.25) is 0 Å². The molecule has 0 saturated carbocycles. The van der Waals surface area contributed by atoms with Gasteiger partial charge in [-0.2, -0.15) is 0 Å². The van der Waals surface area contributed by atoms with Gasteiger partial charge in [-0.25, -0.2) is 0 Å². The van der Waals surface area contributed by atoms with Gasteiger partial charge in [0.25, 0.3) is 0 Å². The van der Waals surface area contributed by atoms with E-state index in [4.69, 9.17) is 11.3 Å². The Bertz CT molecular complexity index is 500. The third-order valence-electron chi connectivity index (χ3n) is 2.95. The summed E-state index contributed by atoms with van der Waals surface area (Å²) in [5.74, 6) is 0.387. The average molecular weight is 377 g/mol. The molecule has 1 aliphatic rings. The van der Waals surface area contributed by atoms with Gasteiger partial charge in [-0.15, -0.1) is 0 Å². The van der Waals surface area contributed by atoms with E-state index in [1.807, 2.05) is 0 Å². The number of aliphatic hydroxyl groups is 1. The zero-order chi connectivity index (χ0) is 14.5. The molecule has 1 saturated heterocycles. The van der Waals surface area contributed by atoms with Crippen LogP contribution in [0.2, 0.25) is 3.23 Å². The minimum absolute atomic E-state index is 0.260. The van der Waals surface area contributed by atoms with Gasteiger partial charge in [0.15, 0.2) is 0 Å². The standard InChI is InChI=1S/C9H13N2O5P.C2H5.Y/c12-5-3-8(16-6(5)4-15-17)11-2-1-7(13)10-9(11)14;1-2;/h1-2,5-6,8,12H,3-4,17H2,(H,10,13,14);1H2,2H3;/q;;+1/p-1/t5-,6-,8-;;/m1../s1. The normalized spacial score (nSPS) is 25.4. The first kappa shape index (κ1) is 16.5. The van der Waals surface area contributed by atoms with E-state index in [9.17, 15) is 9.90 Å². The molecular formula is C11H17N2O5PY. The Morgan fingerprint density at radius 1 is 1.70 bits per heavy atom. The van der Waals surface area contributed by atoms with Crippen LogP contribution in [0.4, 0.5) is 0 Å². The van der Waals surface area contributed by atoms with Crippen LogP contribution in [-0.4, -0.2) is 33.5 Å². The molecule has 1 aliphatic heterocycles. The summed E-state index contributed by atoms with van der Waals surface area (Å²) in [6.45, 7) is 2.32. The Kier molecular flexibility index (Phi) is 6.52. The van der Waals surface area contributed by atoms with E-state index in [1.165, 1.54) is 4.57 Å². The summed E-state index contributed by atoms with van der Waals surface area (Å²) in [5.41, 5.74) is -0.425. The molecule has 1 unspecified atom stereocenters. The van der Waals surface area contributed by atoms with Crippen molar-refractivity contribution in [2.45, 2.75) is 35.0 Å². The van der Waals surface area contributed by atoms with Crippen molar-refractivity contribution in [3.05, 3.63) is 22.7 Å². The van der Waals surface area contributed by atoms with Crippen molar-refractivity contribution < 1.29 is 46.1 Å². The Morgan fingerprint density at radius 3 is 3.15 bits per heavy atom. The van der Waals surface area contributed by atoms with Crippen molar-refractivity contribution in [2.24, 2.45) is 0 Å². The molecule has 2 heterocycles. The van der Waals surface area contributed by atoms with Crippen LogP contribution >= 0.6 is 9.47 Å². The van der Waals surface area contributed by atoms with Gasteiger partial charge in [-0.05, 0) is 0 Å². The monoisotopic (exact) mass is 377 g/mol. The zero-order valence-electron chi connectivity index (χ0n) is 11.1. The molecule has 7 nitrogen and oxygen atoms in total. The van der Waals surface area contributed by atoms with Gasteiger partial charge < -0.3 is 0 Å². The summed E-state index contributed by atoms with van der Waals surface area (Å²) in [4.78, 5) is 15.8. The van der Waals surface area contributed by atoms with Crippen LogP contribution in [0.5, 0.6) is 5.88 Å². The summed E-state index contributed by atoms with van der Waals surface area (Å²) in [6, 6.07) is 1.66. The molecule has 4 atom stereocenters. The van der Waals surface area contributed by atoms with Gasteiger partial charge in [0.05, 0.1) is 0 Å². The van der Waals surface area contributed by atoms with Crippen molar-refractivity contribution in [1.82, 2.24) is 9.55 Å². The van der Waals surface area contributed by atoms with Crippen molar-refractivity contribution in [3.8, 4) is 5.88 Å². The molecule has 1 N–H and O–H groups in total. The molecule has 1 aromatic heterocycles. The fourth-order valence-corrected chi connectivity index (χ4v) is 3.32. The Hall–Kier alpha value is 0.0939. The van der Waals surface area contributed by atoms with Crippen molar-refractivity contribution in [3.63, 3.8) is 0 Å². The Labute approximate surface area is 135 Å². The molecule has 0 amide bonds. The van der Waals surface area contributed by atoms with Gasteiger partial charge >= 0.3 is 135 Å².